The summed E-state index contributed by atoms with van der Waals surface area (Å²) in [4.78, 5) is 15.4. The number of aromatic nitrogens is 1. The van der Waals surface area contributed by atoms with Crippen molar-refractivity contribution >= 4 is 17.3 Å². The highest BCUT2D eigenvalue weighted by Gasteiger charge is 2.17. The molecule has 3 nitrogen and oxygen atoms in total. The Balaban J connectivity index is 2.82. The molecule has 1 heterocycles. The van der Waals surface area contributed by atoms with Gasteiger partial charge in [-0.3, -0.25) is 0 Å². The van der Waals surface area contributed by atoms with E-state index in [0.29, 0.717) is 17.5 Å². The molecule has 0 aromatic carbocycles. The lowest BCUT2D eigenvalue weighted by Gasteiger charge is -2.11. The quantitative estimate of drug-likeness (QED) is 0.725. The molecule has 0 aliphatic rings. The lowest BCUT2D eigenvalue weighted by molar-refractivity contribution is 0.0594. The summed E-state index contributed by atoms with van der Waals surface area (Å²) in [5.74, 6) is 0.563. The number of rotatable bonds is 3. The smallest absolute Gasteiger partial charge is 0.357 e. The van der Waals surface area contributed by atoms with E-state index in [1.54, 1.807) is 5.38 Å². The highest BCUT2D eigenvalue weighted by molar-refractivity contribution is 7.09. The first-order chi connectivity index (χ1) is 6.56. The molecule has 78 valence electrons. The van der Waals surface area contributed by atoms with Crippen LogP contribution in [0.4, 0.5) is 0 Å². The highest BCUT2D eigenvalue weighted by Crippen LogP contribution is 2.26. The van der Waals surface area contributed by atoms with Crippen LogP contribution in [0.3, 0.4) is 0 Å². The highest BCUT2D eigenvalue weighted by atomic mass is 32.1. The van der Waals surface area contributed by atoms with Crippen LogP contribution in [0.1, 0.15) is 42.2 Å². The minimum Gasteiger partial charge on any atom is -0.464 e. The van der Waals surface area contributed by atoms with Crippen molar-refractivity contribution in [3.8, 4) is 0 Å². The number of ether oxygens (including phenoxy) is 1. The Bertz CT molecular complexity index is 320. The lowest BCUT2D eigenvalue weighted by Crippen LogP contribution is -2.05. The fourth-order valence-electron chi connectivity index (χ4n) is 0.980. The van der Waals surface area contributed by atoms with E-state index in [0.717, 1.165) is 5.01 Å². The van der Waals surface area contributed by atoms with Gasteiger partial charge in [0.05, 0.1) is 12.1 Å². The molecule has 0 amide bonds. The van der Waals surface area contributed by atoms with Gasteiger partial charge in [0.15, 0.2) is 5.69 Å². The molecule has 0 saturated carbocycles. The van der Waals surface area contributed by atoms with E-state index in [4.69, 9.17) is 0 Å². The fraction of sp³-hybridized carbons (Fsp3) is 0.600. The van der Waals surface area contributed by atoms with Crippen LogP contribution in [0.15, 0.2) is 5.38 Å². The van der Waals surface area contributed by atoms with Gasteiger partial charge in [-0.15, -0.1) is 11.3 Å². The molecule has 0 saturated heterocycles. The molecule has 0 bridgehead atoms. The Hall–Kier alpha value is -0.900. The SMILES string of the molecule is COC(=O)c1csc(C(C)C(C)C)n1. The fourth-order valence-corrected chi connectivity index (χ4v) is 2.00. The van der Waals surface area contributed by atoms with Crippen molar-refractivity contribution in [3.05, 3.63) is 16.1 Å². The van der Waals surface area contributed by atoms with Crippen LogP contribution in [-0.4, -0.2) is 18.1 Å². The van der Waals surface area contributed by atoms with E-state index in [1.807, 2.05) is 0 Å². The van der Waals surface area contributed by atoms with Crippen molar-refractivity contribution in [1.29, 1.82) is 0 Å². The Morgan fingerprint density at radius 3 is 2.64 bits per heavy atom. The number of methoxy groups -OCH3 is 1. The van der Waals surface area contributed by atoms with Gasteiger partial charge in [0.1, 0.15) is 0 Å². The zero-order valence-corrected chi connectivity index (χ0v) is 9.72. The number of carbonyl (C=O) groups excluding carboxylic acids is 1. The maximum atomic E-state index is 11.1. The predicted octanol–water partition coefficient (Wildman–Crippen LogP) is 2.69. The van der Waals surface area contributed by atoms with Gasteiger partial charge in [0.25, 0.3) is 0 Å². The standard InChI is InChI=1S/C10H15NO2S/c1-6(2)7(3)9-11-8(5-14-9)10(12)13-4/h5-7H,1-4H3. The summed E-state index contributed by atoms with van der Waals surface area (Å²) in [5, 5.41) is 2.75. The maximum absolute atomic E-state index is 11.1. The van der Waals surface area contributed by atoms with Gasteiger partial charge in [-0.25, -0.2) is 9.78 Å². The van der Waals surface area contributed by atoms with Gasteiger partial charge >= 0.3 is 5.97 Å². The molecule has 0 spiro atoms. The summed E-state index contributed by atoms with van der Waals surface area (Å²) in [6.07, 6.45) is 0. The van der Waals surface area contributed by atoms with Crippen molar-refractivity contribution in [2.75, 3.05) is 7.11 Å². The van der Waals surface area contributed by atoms with E-state index in [-0.39, 0.29) is 5.97 Å². The largest absolute Gasteiger partial charge is 0.464 e. The Morgan fingerprint density at radius 1 is 1.50 bits per heavy atom. The van der Waals surface area contributed by atoms with Crippen molar-refractivity contribution in [2.45, 2.75) is 26.7 Å². The molecule has 0 fully saturated rings. The minimum atomic E-state index is -0.358. The third kappa shape index (κ3) is 2.32. The van der Waals surface area contributed by atoms with Crippen LogP contribution in [0.5, 0.6) is 0 Å². The molecule has 1 atom stereocenters. The van der Waals surface area contributed by atoms with Crippen molar-refractivity contribution in [3.63, 3.8) is 0 Å². The van der Waals surface area contributed by atoms with Crippen LogP contribution in [0.2, 0.25) is 0 Å². The molecule has 1 aromatic heterocycles. The topological polar surface area (TPSA) is 39.2 Å². The second-order valence-corrected chi connectivity index (χ2v) is 4.48. The van der Waals surface area contributed by atoms with Crippen LogP contribution >= 0.6 is 11.3 Å². The molecule has 1 aromatic rings. The van der Waals surface area contributed by atoms with Crippen LogP contribution < -0.4 is 0 Å². The normalized spacial score (nSPS) is 12.9. The Kier molecular flexibility index (Phi) is 3.63. The molecular weight excluding hydrogens is 198 g/mol. The first-order valence-corrected chi connectivity index (χ1v) is 5.48. The summed E-state index contributed by atoms with van der Waals surface area (Å²) in [6.45, 7) is 6.40. The van der Waals surface area contributed by atoms with Gasteiger partial charge in [0, 0.05) is 11.3 Å². The van der Waals surface area contributed by atoms with E-state index in [2.05, 4.69) is 30.5 Å². The molecule has 0 N–H and O–H groups in total. The number of hydrogen-bond donors (Lipinski definition) is 0. The monoisotopic (exact) mass is 213 g/mol. The third-order valence-corrected chi connectivity index (χ3v) is 3.35. The van der Waals surface area contributed by atoms with Crippen LogP contribution in [0.25, 0.3) is 0 Å². The average molecular weight is 213 g/mol. The average Bonchev–Trinajstić information content (AvgIpc) is 2.64. The van der Waals surface area contributed by atoms with E-state index in [9.17, 15) is 4.79 Å². The van der Waals surface area contributed by atoms with E-state index < -0.39 is 0 Å². The molecule has 4 heteroatoms. The Labute approximate surface area is 88.1 Å². The summed E-state index contributed by atoms with van der Waals surface area (Å²) in [7, 11) is 1.37. The number of thiazole rings is 1. The maximum Gasteiger partial charge on any atom is 0.357 e. The Morgan fingerprint density at radius 2 is 2.14 bits per heavy atom. The van der Waals surface area contributed by atoms with E-state index in [1.165, 1.54) is 18.4 Å². The molecule has 1 rings (SSSR count). The summed E-state index contributed by atoms with van der Waals surface area (Å²) >= 11 is 1.52. The second kappa shape index (κ2) is 4.55. The van der Waals surface area contributed by atoms with Gasteiger partial charge in [0.2, 0.25) is 0 Å². The zero-order valence-electron chi connectivity index (χ0n) is 8.90. The summed E-state index contributed by atoms with van der Waals surface area (Å²) in [5.41, 5.74) is 0.417. The molecule has 14 heavy (non-hydrogen) atoms. The summed E-state index contributed by atoms with van der Waals surface area (Å²) in [6, 6.07) is 0. The van der Waals surface area contributed by atoms with Crippen LogP contribution in [0, 0.1) is 5.92 Å². The number of hydrogen-bond acceptors (Lipinski definition) is 4. The van der Waals surface area contributed by atoms with Crippen LogP contribution in [-0.2, 0) is 4.74 Å². The molecular formula is C10H15NO2S. The van der Waals surface area contributed by atoms with Gasteiger partial charge < -0.3 is 4.74 Å². The van der Waals surface area contributed by atoms with Crippen molar-refractivity contribution < 1.29 is 9.53 Å². The molecule has 1 unspecified atom stereocenters. The van der Waals surface area contributed by atoms with Gasteiger partial charge in [-0.2, -0.15) is 0 Å². The minimum absolute atomic E-state index is 0.358. The van der Waals surface area contributed by atoms with Gasteiger partial charge in [-0.1, -0.05) is 20.8 Å². The number of esters is 1. The second-order valence-electron chi connectivity index (χ2n) is 3.60. The lowest BCUT2D eigenvalue weighted by atomic mass is 9.99. The predicted molar refractivity (Wildman–Crippen MR) is 56.7 cm³/mol. The first-order valence-electron chi connectivity index (χ1n) is 4.60. The number of carbonyl (C=O) groups is 1. The zero-order chi connectivity index (χ0) is 10.7. The molecule has 0 aliphatic carbocycles. The first kappa shape index (κ1) is 11.2. The third-order valence-electron chi connectivity index (χ3n) is 2.31. The van der Waals surface area contributed by atoms with Crippen molar-refractivity contribution in [1.82, 2.24) is 4.98 Å². The van der Waals surface area contributed by atoms with E-state index >= 15 is 0 Å². The summed E-state index contributed by atoms with van der Waals surface area (Å²) < 4.78 is 4.60. The molecule has 0 aliphatic heterocycles. The van der Waals surface area contributed by atoms with Crippen molar-refractivity contribution in [2.24, 2.45) is 5.92 Å². The molecule has 0 radical (unpaired) electrons. The number of nitrogens with zero attached hydrogens (tertiary/aromatic N) is 1. The van der Waals surface area contributed by atoms with Gasteiger partial charge in [-0.05, 0) is 5.92 Å².